The molecule has 0 fully saturated rings. The average molecular weight is 440 g/mol. The quantitative estimate of drug-likeness (QED) is 0.431. The summed E-state index contributed by atoms with van der Waals surface area (Å²) in [7, 11) is 0. The molecule has 1 aliphatic heterocycles. The molecule has 1 heterocycles. The molecule has 0 spiro atoms. The molecule has 2 N–H and O–H groups in total. The van der Waals surface area contributed by atoms with Crippen LogP contribution in [0.25, 0.3) is 11.3 Å². The minimum Gasteiger partial charge on any atom is -0.354 e. The Balaban J connectivity index is 1.82. The van der Waals surface area contributed by atoms with Crippen LogP contribution in [0, 0.1) is 0 Å². The molecule has 0 saturated heterocycles. The van der Waals surface area contributed by atoms with Gasteiger partial charge in [0, 0.05) is 35.6 Å². The first-order chi connectivity index (χ1) is 16.1. The maximum Gasteiger partial charge on any atom is 0.258 e. The molecule has 0 bridgehead atoms. The zero-order chi connectivity index (χ0) is 23.2. The highest BCUT2D eigenvalue weighted by atomic mass is 16.2. The van der Waals surface area contributed by atoms with Gasteiger partial charge in [-0.25, -0.2) is 0 Å². The van der Waals surface area contributed by atoms with E-state index in [1.165, 1.54) is 0 Å². The molecule has 0 aromatic heterocycles. The van der Waals surface area contributed by atoms with Crippen molar-refractivity contribution in [2.24, 2.45) is 0 Å². The van der Waals surface area contributed by atoms with E-state index in [0.717, 1.165) is 29.7 Å². The van der Waals surface area contributed by atoms with E-state index in [4.69, 9.17) is 0 Å². The Labute approximate surface area is 195 Å². The van der Waals surface area contributed by atoms with Gasteiger partial charge in [0.25, 0.3) is 11.8 Å². The summed E-state index contributed by atoms with van der Waals surface area (Å²) in [6.07, 6.45) is 1.81. The van der Waals surface area contributed by atoms with Crippen molar-refractivity contribution >= 4 is 34.5 Å². The van der Waals surface area contributed by atoms with E-state index in [0.29, 0.717) is 35.6 Å². The van der Waals surface area contributed by atoms with E-state index >= 15 is 0 Å². The smallest absolute Gasteiger partial charge is 0.258 e. The van der Waals surface area contributed by atoms with Crippen LogP contribution in [0.15, 0.2) is 78.9 Å². The molecule has 5 nitrogen and oxygen atoms in total. The van der Waals surface area contributed by atoms with Crippen molar-refractivity contribution < 1.29 is 9.59 Å². The maximum absolute atomic E-state index is 13.2. The summed E-state index contributed by atoms with van der Waals surface area (Å²) in [6, 6.07) is 25.0. The molecular formula is C28H29N3O2. The Bertz CT molecular complexity index is 1160. The van der Waals surface area contributed by atoms with Gasteiger partial charge in [0.2, 0.25) is 0 Å². The van der Waals surface area contributed by atoms with Crippen LogP contribution in [0.4, 0.5) is 11.4 Å². The molecule has 4 rings (SSSR count). The number of fused-ring (bicyclic) bond motifs is 1. The highest BCUT2D eigenvalue weighted by Gasteiger charge is 2.30. The number of carbonyl (C=O) groups excluding carboxylic acids is 2. The summed E-state index contributed by atoms with van der Waals surface area (Å²) < 4.78 is 0. The van der Waals surface area contributed by atoms with Gasteiger partial charge in [-0.3, -0.25) is 9.59 Å². The molecule has 0 aliphatic carbocycles. The van der Waals surface area contributed by atoms with Crippen molar-refractivity contribution in [2.45, 2.75) is 26.7 Å². The maximum atomic E-state index is 13.2. The number of hydrogen-bond donors (Lipinski definition) is 2. The van der Waals surface area contributed by atoms with Crippen molar-refractivity contribution in [3.8, 4) is 0 Å². The molecule has 33 heavy (non-hydrogen) atoms. The normalized spacial score (nSPS) is 13.8. The van der Waals surface area contributed by atoms with Crippen molar-refractivity contribution in [1.82, 2.24) is 4.90 Å². The molecule has 5 heteroatoms. The number of amides is 2. The number of anilines is 2. The molecule has 0 radical (unpaired) electrons. The third-order valence-electron chi connectivity index (χ3n) is 5.64. The van der Waals surface area contributed by atoms with Crippen LogP contribution >= 0.6 is 0 Å². The van der Waals surface area contributed by atoms with Crippen molar-refractivity contribution in [3.05, 3.63) is 95.6 Å². The zero-order valence-electron chi connectivity index (χ0n) is 19.1. The monoisotopic (exact) mass is 439 g/mol. The highest BCUT2D eigenvalue weighted by molar-refractivity contribution is 6.37. The van der Waals surface area contributed by atoms with Crippen LogP contribution < -0.4 is 10.6 Å². The minimum atomic E-state index is -0.184. The van der Waals surface area contributed by atoms with Crippen LogP contribution in [0.3, 0.4) is 0 Å². The molecule has 1 aliphatic rings. The standard InChI is InChI=1S/C28H29N3O2/c1-3-17-31(18-4-2)28(33)21-15-16-24-23(19-21)25(27(32)30-24)26(20-11-7-5-8-12-20)29-22-13-9-6-10-14-22/h5-16,19,29H,3-4,17-18H2,1-2H3,(H,30,32)/b26-25-. The summed E-state index contributed by atoms with van der Waals surface area (Å²) in [4.78, 5) is 28.3. The SMILES string of the molecule is CCCN(CCC)C(=O)c1ccc2c(c1)/C(=C(/Nc1ccccc1)c1ccccc1)C(=O)N2. The van der Waals surface area contributed by atoms with Gasteiger partial charge in [0.1, 0.15) is 0 Å². The molecule has 3 aromatic carbocycles. The number of para-hydroxylation sites is 1. The lowest BCUT2D eigenvalue weighted by Crippen LogP contribution is -2.32. The summed E-state index contributed by atoms with van der Waals surface area (Å²) >= 11 is 0. The Kier molecular flexibility index (Phi) is 6.89. The third-order valence-corrected chi connectivity index (χ3v) is 5.64. The zero-order valence-corrected chi connectivity index (χ0v) is 19.1. The number of benzene rings is 3. The van der Waals surface area contributed by atoms with Crippen LogP contribution in [0.5, 0.6) is 0 Å². The lowest BCUT2D eigenvalue weighted by atomic mass is 9.98. The molecule has 2 amide bonds. The van der Waals surface area contributed by atoms with Gasteiger partial charge < -0.3 is 15.5 Å². The van der Waals surface area contributed by atoms with E-state index in [1.54, 1.807) is 6.07 Å². The summed E-state index contributed by atoms with van der Waals surface area (Å²) in [5.74, 6) is -0.187. The second-order valence-corrected chi connectivity index (χ2v) is 8.11. The Hall–Kier alpha value is -3.86. The number of carbonyl (C=O) groups is 2. The van der Waals surface area contributed by atoms with Crippen LogP contribution in [0.2, 0.25) is 0 Å². The number of nitrogens with one attached hydrogen (secondary N) is 2. The van der Waals surface area contributed by atoms with Gasteiger partial charge in [-0.2, -0.15) is 0 Å². The van der Waals surface area contributed by atoms with Gasteiger partial charge in [-0.05, 0) is 48.7 Å². The Morgan fingerprint density at radius 3 is 2.12 bits per heavy atom. The van der Waals surface area contributed by atoms with Gasteiger partial charge in [-0.15, -0.1) is 0 Å². The first kappa shape index (κ1) is 22.3. The number of rotatable bonds is 8. The summed E-state index contributed by atoms with van der Waals surface area (Å²) in [6.45, 7) is 5.58. The lowest BCUT2D eigenvalue weighted by Gasteiger charge is -2.22. The molecule has 0 unspecified atom stereocenters. The topological polar surface area (TPSA) is 61.4 Å². The lowest BCUT2D eigenvalue weighted by molar-refractivity contribution is -0.110. The summed E-state index contributed by atoms with van der Waals surface area (Å²) in [5, 5.41) is 6.41. The summed E-state index contributed by atoms with van der Waals surface area (Å²) in [5.41, 5.74) is 5.07. The van der Waals surface area contributed by atoms with Gasteiger partial charge in [0.05, 0.1) is 11.3 Å². The van der Waals surface area contributed by atoms with Gasteiger partial charge >= 0.3 is 0 Å². The van der Waals surface area contributed by atoms with Crippen molar-refractivity contribution in [2.75, 3.05) is 23.7 Å². The van der Waals surface area contributed by atoms with Crippen molar-refractivity contribution in [3.63, 3.8) is 0 Å². The highest BCUT2D eigenvalue weighted by Crippen LogP contribution is 2.38. The minimum absolute atomic E-state index is 0.00233. The third kappa shape index (κ3) is 4.82. The predicted octanol–water partition coefficient (Wildman–Crippen LogP) is 5.88. The second kappa shape index (κ2) is 10.2. The predicted molar refractivity (Wildman–Crippen MR) is 135 cm³/mol. The molecule has 3 aromatic rings. The first-order valence-electron chi connectivity index (χ1n) is 11.5. The molecule has 0 saturated carbocycles. The fourth-order valence-corrected chi connectivity index (χ4v) is 4.14. The first-order valence-corrected chi connectivity index (χ1v) is 11.5. The molecular weight excluding hydrogens is 410 g/mol. The second-order valence-electron chi connectivity index (χ2n) is 8.11. The Morgan fingerprint density at radius 1 is 0.848 bits per heavy atom. The van der Waals surface area contributed by atoms with E-state index in [2.05, 4.69) is 24.5 Å². The molecule has 168 valence electrons. The van der Waals surface area contributed by atoms with Crippen LogP contribution in [-0.4, -0.2) is 29.8 Å². The van der Waals surface area contributed by atoms with Gasteiger partial charge in [-0.1, -0.05) is 62.4 Å². The molecule has 0 atom stereocenters. The average Bonchev–Trinajstić information content (AvgIpc) is 3.18. The fraction of sp³-hybridized carbons (Fsp3) is 0.214. The van der Waals surface area contributed by atoms with Crippen LogP contribution in [-0.2, 0) is 4.79 Å². The van der Waals surface area contributed by atoms with E-state index < -0.39 is 0 Å². The fourth-order valence-electron chi connectivity index (χ4n) is 4.14. The van der Waals surface area contributed by atoms with E-state index in [9.17, 15) is 9.59 Å². The van der Waals surface area contributed by atoms with Crippen LogP contribution in [0.1, 0.15) is 48.2 Å². The largest absolute Gasteiger partial charge is 0.354 e. The number of nitrogens with zero attached hydrogens (tertiary/aromatic N) is 1. The van der Waals surface area contributed by atoms with Crippen molar-refractivity contribution in [1.29, 1.82) is 0 Å². The Morgan fingerprint density at radius 2 is 1.48 bits per heavy atom. The number of hydrogen-bond acceptors (Lipinski definition) is 3. The van der Waals surface area contributed by atoms with Gasteiger partial charge in [0.15, 0.2) is 0 Å². The van der Waals surface area contributed by atoms with E-state index in [-0.39, 0.29) is 11.8 Å². The van der Waals surface area contributed by atoms with E-state index in [1.807, 2.05) is 77.7 Å².